The summed E-state index contributed by atoms with van der Waals surface area (Å²) in [6, 6.07) is -0.706. The zero-order chi connectivity index (χ0) is 12.8. The molecule has 7 heteroatoms. The van der Waals surface area contributed by atoms with Crippen molar-refractivity contribution < 1.29 is 19.1 Å². The first-order valence-electron chi connectivity index (χ1n) is 5.33. The highest BCUT2D eigenvalue weighted by Crippen LogP contribution is 2.18. The number of nitrogens with zero attached hydrogens (tertiary/aromatic N) is 2. The minimum absolute atomic E-state index is 0.181. The topological polar surface area (TPSA) is 59.1 Å². The molecular formula is C10H17BrN2O4. The molecule has 1 atom stereocenters. The molecule has 98 valence electrons. The first-order valence-corrected chi connectivity index (χ1v) is 6.45. The molecule has 1 saturated heterocycles. The molecular weight excluding hydrogens is 292 g/mol. The Hall–Kier alpha value is -0.660. The highest BCUT2D eigenvalue weighted by molar-refractivity contribution is 9.09. The predicted molar refractivity (Wildman–Crippen MR) is 65.1 cm³/mol. The minimum Gasteiger partial charge on any atom is -0.383 e. The van der Waals surface area contributed by atoms with Gasteiger partial charge in [-0.2, -0.15) is 0 Å². The van der Waals surface area contributed by atoms with Gasteiger partial charge in [0, 0.05) is 26.1 Å². The monoisotopic (exact) mass is 308 g/mol. The van der Waals surface area contributed by atoms with Crippen molar-refractivity contribution in [2.45, 2.75) is 6.04 Å². The molecule has 3 amide bonds. The summed E-state index contributed by atoms with van der Waals surface area (Å²) in [4.78, 5) is 26.7. The van der Waals surface area contributed by atoms with Crippen LogP contribution in [0.4, 0.5) is 4.79 Å². The lowest BCUT2D eigenvalue weighted by molar-refractivity contribution is -0.128. The zero-order valence-electron chi connectivity index (χ0n) is 10.0. The second-order valence-corrected chi connectivity index (χ2v) is 4.27. The molecule has 6 nitrogen and oxygen atoms in total. The van der Waals surface area contributed by atoms with E-state index in [-0.39, 0.29) is 11.9 Å². The number of methoxy groups -OCH3 is 2. The van der Waals surface area contributed by atoms with Crippen LogP contribution in [-0.4, -0.2) is 73.6 Å². The molecule has 0 bridgehead atoms. The first kappa shape index (κ1) is 14.4. The van der Waals surface area contributed by atoms with Crippen LogP contribution in [0, 0.1) is 0 Å². The van der Waals surface area contributed by atoms with Crippen LogP contribution in [0.5, 0.6) is 0 Å². The number of ether oxygens (including phenoxy) is 2. The van der Waals surface area contributed by atoms with E-state index in [1.807, 2.05) is 0 Å². The van der Waals surface area contributed by atoms with Crippen LogP contribution in [0.1, 0.15) is 0 Å². The van der Waals surface area contributed by atoms with Crippen LogP contribution in [0.25, 0.3) is 0 Å². The van der Waals surface area contributed by atoms with Crippen LogP contribution < -0.4 is 0 Å². The summed E-state index contributed by atoms with van der Waals surface area (Å²) < 4.78 is 9.82. The molecule has 0 aromatic heterocycles. The number of hydrogen-bond donors (Lipinski definition) is 0. The maximum Gasteiger partial charge on any atom is 0.327 e. The molecule has 0 radical (unpaired) electrons. The third-order valence-electron chi connectivity index (χ3n) is 2.61. The Kier molecular flexibility index (Phi) is 5.87. The number of hydrogen-bond acceptors (Lipinski definition) is 4. The van der Waals surface area contributed by atoms with Crippen molar-refractivity contribution in [3.8, 4) is 0 Å². The van der Waals surface area contributed by atoms with E-state index in [9.17, 15) is 9.59 Å². The number of rotatable bonds is 7. The van der Waals surface area contributed by atoms with E-state index in [2.05, 4.69) is 15.9 Å². The fraction of sp³-hybridized carbons (Fsp3) is 0.800. The second kappa shape index (κ2) is 6.93. The second-order valence-electron chi connectivity index (χ2n) is 3.62. The van der Waals surface area contributed by atoms with Gasteiger partial charge in [-0.3, -0.25) is 9.69 Å². The molecule has 0 spiro atoms. The molecule has 1 rings (SSSR count). The highest BCUT2D eigenvalue weighted by Gasteiger charge is 2.43. The molecule has 1 fully saturated rings. The molecule has 1 unspecified atom stereocenters. The van der Waals surface area contributed by atoms with Crippen LogP contribution in [0.2, 0.25) is 0 Å². The molecule has 0 aromatic carbocycles. The average molecular weight is 309 g/mol. The van der Waals surface area contributed by atoms with Gasteiger partial charge in [0.25, 0.3) is 5.91 Å². The zero-order valence-corrected chi connectivity index (χ0v) is 11.6. The number of urea groups is 1. The predicted octanol–water partition coefficient (Wildman–Crippen LogP) is 0.307. The van der Waals surface area contributed by atoms with Gasteiger partial charge in [-0.15, -0.1) is 0 Å². The van der Waals surface area contributed by atoms with Gasteiger partial charge < -0.3 is 14.4 Å². The summed E-state index contributed by atoms with van der Waals surface area (Å²) in [6.45, 7) is 1.48. The van der Waals surface area contributed by atoms with Crippen LogP contribution in [0.3, 0.4) is 0 Å². The van der Waals surface area contributed by atoms with Crippen molar-refractivity contribution in [1.29, 1.82) is 0 Å². The summed E-state index contributed by atoms with van der Waals surface area (Å²) >= 11 is 3.26. The quantitative estimate of drug-likeness (QED) is 0.501. The van der Waals surface area contributed by atoms with E-state index < -0.39 is 6.04 Å². The lowest BCUT2D eigenvalue weighted by atomic mass is 10.3. The van der Waals surface area contributed by atoms with E-state index in [1.54, 1.807) is 7.11 Å². The molecule has 1 aliphatic heterocycles. The Morgan fingerprint density at radius 2 is 1.76 bits per heavy atom. The van der Waals surface area contributed by atoms with Crippen molar-refractivity contribution in [1.82, 2.24) is 9.80 Å². The third-order valence-corrected chi connectivity index (χ3v) is 3.22. The van der Waals surface area contributed by atoms with E-state index in [4.69, 9.17) is 9.47 Å². The Morgan fingerprint density at radius 3 is 2.29 bits per heavy atom. The van der Waals surface area contributed by atoms with E-state index in [1.165, 1.54) is 16.9 Å². The van der Waals surface area contributed by atoms with Crippen molar-refractivity contribution in [2.24, 2.45) is 0 Å². The smallest absolute Gasteiger partial charge is 0.327 e. The van der Waals surface area contributed by atoms with Gasteiger partial charge in [-0.05, 0) is 0 Å². The molecule has 0 N–H and O–H groups in total. The van der Waals surface area contributed by atoms with Gasteiger partial charge in [0.05, 0.1) is 19.8 Å². The number of imide groups is 1. The van der Waals surface area contributed by atoms with Crippen LogP contribution in [0.15, 0.2) is 0 Å². The van der Waals surface area contributed by atoms with Crippen molar-refractivity contribution in [3.63, 3.8) is 0 Å². The van der Waals surface area contributed by atoms with E-state index in [0.29, 0.717) is 31.6 Å². The number of alkyl halides is 1. The van der Waals surface area contributed by atoms with E-state index in [0.717, 1.165) is 0 Å². The number of carbonyl (C=O) groups excluding carboxylic acids is 2. The van der Waals surface area contributed by atoms with Crippen molar-refractivity contribution in [2.75, 3.05) is 45.9 Å². The highest BCUT2D eigenvalue weighted by atomic mass is 79.9. The summed E-state index contributed by atoms with van der Waals surface area (Å²) in [5, 5.41) is 0.435. The largest absolute Gasteiger partial charge is 0.383 e. The SMILES string of the molecule is COCCN1C(=O)C(CBr)N(CCOC)C1=O. The van der Waals surface area contributed by atoms with Crippen LogP contribution >= 0.6 is 15.9 Å². The Bertz CT molecular complexity index is 287. The Morgan fingerprint density at radius 1 is 1.18 bits per heavy atom. The summed E-state index contributed by atoms with van der Waals surface area (Å²) in [6.07, 6.45) is 0. The van der Waals surface area contributed by atoms with Gasteiger partial charge in [-0.1, -0.05) is 15.9 Å². The van der Waals surface area contributed by atoms with Crippen LogP contribution in [-0.2, 0) is 14.3 Å². The van der Waals surface area contributed by atoms with Gasteiger partial charge >= 0.3 is 6.03 Å². The lowest BCUT2D eigenvalue weighted by Gasteiger charge is -2.19. The maximum atomic E-state index is 12.0. The Balaban J connectivity index is 2.70. The third kappa shape index (κ3) is 3.17. The van der Waals surface area contributed by atoms with Gasteiger partial charge in [0.1, 0.15) is 6.04 Å². The molecule has 1 aliphatic rings. The number of carbonyl (C=O) groups is 2. The molecule has 0 aromatic rings. The van der Waals surface area contributed by atoms with Gasteiger partial charge in [0.2, 0.25) is 0 Å². The molecule has 17 heavy (non-hydrogen) atoms. The molecule has 1 heterocycles. The van der Waals surface area contributed by atoms with Gasteiger partial charge in [0.15, 0.2) is 0 Å². The first-order chi connectivity index (χ1) is 8.17. The summed E-state index contributed by atoms with van der Waals surface area (Å²) in [5.74, 6) is -0.181. The molecule has 0 saturated carbocycles. The number of amides is 3. The normalized spacial score (nSPS) is 20.5. The maximum absolute atomic E-state index is 12.0. The minimum atomic E-state index is -0.436. The Labute approximate surface area is 109 Å². The van der Waals surface area contributed by atoms with Crippen molar-refractivity contribution in [3.05, 3.63) is 0 Å². The molecule has 0 aliphatic carbocycles. The number of halogens is 1. The summed E-state index contributed by atoms with van der Waals surface area (Å²) in [7, 11) is 3.10. The fourth-order valence-corrected chi connectivity index (χ4v) is 2.30. The van der Waals surface area contributed by atoms with E-state index >= 15 is 0 Å². The standard InChI is InChI=1S/C10H17BrN2O4/c1-16-5-3-12-8(7-11)9(14)13(10(12)15)4-6-17-2/h8H,3-7H2,1-2H3. The lowest BCUT2D eigenvalue weighted by Crippen LogP contribution is -2.38. The average Bonchev–Trinajstić information content (AvgIpc) is 2.55. The fourth-order valence-electron chi connectivity index (χ4n) is 1.67. The van der Waals surface area contributed by atoms with Gasteiger partial charge in [-0.25, -0.2) is 4.79 Å². The summed E-state index contributed by atoms with van der Waals surface area (Å²) in [5.41, 5.74) is 0. The van der Waals surface area contributed by atoms with Crippen molar-refractivity contribution >= 4 is 27.9 Å².